The molecule has 0 saturated heterocycles. The van der Waals surface area contributed by atoms with E-state index >= 15 is 0 Å². The fourth-order valence-corrected chi connectivity index (χ4v) is 2.03. The summed E-state index contributed by atoms with van der Waals surface area (Å²) in [5.74, 6) is -2.50. The molecule has 0 heterocycles. The van der Waals surface area contributed by atoms with Crippen LogP contribution in [-0.2, 0) is 4.79 Å². The molecule has 3 nitrogen and oxygen atoms in total. The molecule has 1 aromatic rings. The van der Waals surface area contributed by atoms with E-state index in [-0.39, 0.29) is 11.3 Å². The SMILES string of the molecule is CCCN(CCC)c1c(F)cc(C=CC(=O)O)cc1F. The average Bonchev–Trinajstić information content (AvgIpc) is 2.36. The van der Waals surface area contributed by atoms with Gasteiger partial charge in [0.1, 0.15) is 17.3 Å². The third-order valence-corrected chi connectivity index (χ3v) is 2.76. The monoisotopic (exact) mass is 283 g/mol. The summed E-state index contributed by atoms with van der Waals surface area (Å²) in [6.45, 7) is 5.04. The highest BCUT2D eigenvalue weighted by Gasteiger charge is 2.16. The number of carbonyl (C=O) groups is 1. The first-order valence-electron chi connectivity index (χ1n) is 6.64. The van der Waals surface area contributed by atoms with Crippen LogP contribution in [0.4, 0.5) is 14.5 Å². The molecule has 0 spiro atoms. The van der Waals surface area contributed by atoms with E-state index < -0.39 is 17.6 Å². The minimum atomic E-state index is -1.16. The Bertz CT molecular complexity index is 472. The van der Waals surface area contributed by atoms with E-state index in [1.54, 1.807) is 4.90 Å². The zero-order chi connectivity index (χ0) is 15.1. The summed E-state index contributed by atoms with van der Waals surface area (Å²) in [7, 11) is 0. The number of carboxylic acid groups (broad SMARTS) is 1. The van der Waals surface area contributed by atoms with Crippen LogP contribution in [0.5, 0.6) is 0 Å². The van der Waals surface area contributed by atoms with Gasteiger partial charge in [-0.05, 0) is 36.6 Å². The molecule has 1 rings (SSSR count). The van der Waals surface area contributed by atoms with Crippen molar-refractivity contribution in [3.63, 3.8) is 0 Å². The number of anilines is 1. The molecule has 20 heavy (non-hydrogen) atoms. The maximum absolute atomic E-state index is 14.1. The lowest BCUT2D eigenvalue weighted by Gasteiger charge is -2.25. The summed E-state index contributed by atoms with van der Waals surface area (Å²) in [5, 5.41) is 8.51. The molecule has 1 aromatic carbocycles. The Morgan fingerprint density at radius 1 is 1.20 bits per heavy atom. The molecule has 0 amide bonds. The molecule has 0 fully saturated rings. The molecule has 0 aliphatic carbocycles. The van der Waals surface area contributed by atoms with Gasteiger partial charge in [-0.3, -0.25) is 0 Å². The van der Waals surface area contributed by atoms with E-state index in [4.69, 9.17) is 5.11 Å². The zero-order valence-corrected chi connectivity index (χ0v) is 11.7. The van der Waals surface area contributed by atoms with Crippen LogP contribution < -0.4 is 4.90 Å². The van der Waals surface area contributed by atoms with Crippen LogP contribution in [0.1, 0.15) is 32.3 Å². The lowest BCUT2D eigenvalue weighted by molar-refractivity contribution is -0.131. The van der Waals surface area contributed by atoms with Crippen LogP contribution in [-0.4, -0.2) is 24.2 Å². The first kappa shape index (κ1) is 16.1. The average molecular weight is 283 g/mol. The van der Waals surface area contributed by atoms with Gasteiger partial charge in [-0.1, -0.05) is 13.8 Å². The van der Waals surface area contributed by atoms with Crippen molar-refractivity contribution in [2.75, 3.05) is 18.0 Å². The number of aliphatic carboxylic acids is 1. The van der Waals surface area contributed by atoms with Gasteiger partial charge in [0, 0.05) is 19.2 Å². The fourth-order valence-electron chi connectivity index (χ4n) is 2.03. The maximum atomic E-state index is 14.1. The summed E-state index contributed by atoms with van der Waals surface area (Å²) in [5.41, 5.74) is 0.153. The Hall–Kier alpha value is -1.91. The lowest BCUT2D eigenvalue weighted by Crippen LogP contribution is -2.27. The molecular weight excluding hydrogens is 264 g/mol. The molecule has 0 unspecified atom stereocenters. The van der Waals surface area contributed by atoms with Gasteiger partial charge in [-0.2, -0.15) is 0 Å². The van der Waals surface area contributed by atoms with Crippen molar-refractivity contribution in [3.05, 3.63) is 35.4 Å². The first-order valence-corrected chi connectivity index (χ1v) is 6.64. The molecule has 110 valence electrons. The third kappa shape index (κ3) is 4.33. The standard InChI is InChI=1S/C15H19F2NO2/c1-3-7-18(8-4-2)15-12(16)9-11(10-13(15)17)5-6-14(19)20/h5-6,9-10H,3-4,7-8H2,1-2H3,(H,19,20). The van der Waals surface area contributed by atoms with Gasteiger partial charge < -0.3 is 10.0 Å². The number of hydrogen-bond donors (Lipinski definition) is 1. The molecule has 0 atom stereocenters. The van der Waals surface area contributed by atoms with Crippen LogP contribution in [0.3, 0.4) is 0 Å². The van der Waals surface area contributed by atoms with E-state index in [0.717, 1.165) is 31.1 Å². The number of hydrogen-bond acceptors (Lipinski definition) is 2. The van der Waals surface area contributed by atoms with Crippen molar-refractivity contribution in [1.29, 1.82) is 0 Å². The quantitative estimate of drug-likeness (QED) is 0.776. The molecule has 1 N–H and O–H groups in total. The molecule has 0 bridgehead atoms. The Morgan fingerprint density at radius 3 is 2.10 bits per heavy atom. The zero-order valence-electron chi connectivity index (χ0n) is 11.7. The van der Waals surface area contributed by atoms with Gasteiger partial charge >= 0.3 is 5.97 Å². The number of halogens is 2. The van der Waals surface area contributed by atoms with Gasteiger partial charge in [0.15, 0.2) is 0 Å². The van der Waals surface area contributed by atoms with Crippen LogP contribution in [0.15, 0.2) is 18.2 Å². The third-order valence-electron chi connectivity index (χ3n) is 2.76. The highest BCUT2D eigenvalue weighted by molar-refractivity contribution is 5.85. The van der Waals surface area contributed by atoms with Gasteiger partial charge in [-0.15, -0.1) is 0 Å². The van der Waals surface area contributed by atoms with Crippen molar-refractivity contribution >= 4 is 17.7 Å². The van der Waals surface area contributed by atoms with Gasteiger partial charge in [0.25, 0.3) is 0 Å². The molecular formula is C15H19F2NO2. The second-order valence-electron chi connectivity index (χ2n) is 4.49. The molecule has 0 saturated carbocycles. The van der Waals surface area contributed by atoms with Crippen LogP contribution >= 0.6 is 0 Å². The highest BCUT2D eigenvalue weighted by Crippen LogP contribution is 2.26. The van der Waals surface area contributed by atoms with Crippen LogP contribution in [0.25, 0.3) is 6.08 Å². The van der Waals surface area contributed by atoms with E-state index in [1.165, 1.54) is 6.08 Å². The highest BCUT2D eigenvalue weighted by atomic mass is 19.1. The number of nitrogens with zero attached hydrogens (tertiary/aromatic N) is 1. The van der Waals surface area contributed by atoms with Crippen molar-refractivity contribution in [3.8, 4) is 0 Å². The summed E-state index contributed by atoms with van der Waals surface area (Å²) in [6.07, 6.45) is 3.60. The van der Waals surface area contributed by atoms with E-state index in [1.807, 2.05) is 13.8 Å². The van der Waals surface area contributed by atoms with Gasteiger partial charge in [0.05, 0.1) is 0 Å². The Kier molecular flexibility index (Phi) is 6.15. The minimum absolute atomic E-state index is 0.0406. The molecule has 0 aromatic heterocycles. The van der Waals surface area contributed by atoms with E-state index in [2.05, 4.69) is 0 Å². The minimum Gasteiger partial charge on any atom is -0.478 e. The summed E-state index contributed by atoms with van der Waals surface area (Å²) < 4.78 is 28.1. The van der Waals surface area contributed by atoms with Crippen LogP contribution in [0, 0.1) is 11.6 Å². The second-order valence-corrected chi connectivity index (χ2v) is 4.49. The van der Waals surface area contributed by atoms with Crippen LogP contribution in [0.2, 0.25) is 0 Å². The van der Waals surface area contributed by atoms with Crippen molar-refractivity contribution < 1.29 is 18.7 Å². The van der Waals surface area contributed by atoms with Gasteiger partial charge in [-0.25, -0.2) is 13.6 Å². The number of carboxylic acids is 1. The van der Waals surface area contributed by atoms with Crippen molar-refractivity contribution in [2.24, 2.45) is 0 Å². The number of rotatable bonds is 7. The molecule has 5 heteroatoms. The maximum Gasteiger partial charge on any atom is 0.328 e. The second kappa shape index (κ2) is 7.62. The number of benzene rings is 1. The molecule has 0 radical (unpaired) electrons. The first-order chi connectivity index (χ1) is 9.49. The predicted molar refractivity (Wildman–Crippen MR) is 75.8 cm³/mol. The fraction of sp³-hybridized carbons (Fsp3) is 0.400. The summed E-state index contributed by atoms with van der Waals surface area (Å²) >= 11 is 0. The summed E-state index contributed by atoms with van der Waals surface area (Å²) in [6, 6.07) is 2.30. The molecule has 0 aliphatic rings. The van der Waals surface area contributed by atoms with Crippen molar-refractivity contribution in [2.45, 2.75) is 26.7 Å². The van der Waals surface area contributed by atoms with Gasteiger partial charge in [0.2, 0.25) is 0 Å². The molecule has 0 aliphatic heterocycles. The normalized spacial score (nSPS) is 11.0. The Balaban J connectivity index is 3.12. The topological polar surface area (TPSA) is 40.5 Å². The van der Waals surface area contributed by atoms with E-state index in [9.17, 15) is 13.6 Å². The Labute approximate surface area is 117 Å². The Morgan fingerprint density at radius 2 is 1.70 bits per heavy atom. The van der Waals surface area contributed by atoms with E-state index in [0.29, 0.717) is 13.1 Å². The largest absolute Gasteiger partial charge is 0.478 e. The lowest BCUT2D eigenvalue weighted by atomic mass is 10.1. The summed E-state index contributed by atoms with van der Waals surface area (Å²) in [4.78, 5) is 12.1. The smallest absolute Gasteiger partial charge is 0.328 e. The predicted octanol–water partition coefficient (Wildman–Crippen LogP) is 3.69. The van der Waals surface area contributed by atoms with Crippen molar-refractivity contribution in [1.82, 2.24) is 0 Å².